The maximum absolute atomic E-state index is 13.3. The van der Waals surface area contributed by atoms with Gasteiger partial charge in [0.05, 0.1) is 7.11 Å². The van der Waals surface area contributed by atoms with Crippen LogP contribution in [-0.4, -0.2) is 42.5 Å². The summed E-state index contributed by atoms with van der Waals surface area (Å²) in [5, 5.41) is 2.86. The highest BCUT2D eigenvalue weighted by atomic mass is 19.1. The lowest BCUT2D eigenvalue weighted by atomic mass is 10.1. The quantitative estimate of drug-likeness (QED) is 0.643. The van der Waals surface area contributed by atoms with Crippen molar-refractivity contribution in [2.24, 2.45) is 0 Å². The van der Waals surface area contributed by atoms with Crippen LogP contribution in [0.4, 0.5) is 4.39 Å². The monoisotopic (exact) mass is 416 g/mol. The Morgan fingerprint density at radius 3 is 2.27 bits per heavy atom. The first kappa shape index (κ1) is 23.2. The van der Waals surface area contributed by atoms with Gasteiger partial charge < -0.3 is 19.7 Å². The second-order valence-corrected chi connectivity index (χ2v) is 7.17. The average molecular weight is 416 g/mol. The summed E-state index contributed by atoms with van der Waals surface area (Å²) in [6.07, 6.45) is 0.431. The average Bonchev–Trinajstić information content (AvgIpc) is 2.73. The standard InChI is InChI=1S/C23H29FN2O4/c1-5-19(23(28)25-16(2)3)26(14-17-10-12-18(24)13-11-17)22(27)15-30-21-9-7-6-8-20(21)29-4/h6-13,16,19H,5,14-15H2,1-4H3,(H,25,28). The number of halogens is 1. The van der Waals surface area contributed by atoms with Gasteiger partial charge in [-0.05, 0) is 50.1 Å². The summed E-state index contributed by atoms with van der Waals surface area (Å²) in [6.45, 7) is 5.48. The molecule has 6 nitrogen and oxygen atoms in total. The van der Waals surface area contributed by atoms with Crippen LogP contribution in [0.3, 0.4) is 0 Å². The Kier molecular flexibility index (Phi) is 8.65. The number of nitrogens with zero attached hydrogens (tertiary/aromatic N) is 1. The van der Waals surface area contributed by atoms with Gasteiger partial charge in [0.15, 0.2) is 18.1 Å². The first-order valence-electron chi connectivity index (χ1n) is 9.95. The molecule has 0 heterocycles. The van der Waals surface area contributed by atoms with Gasteiger partial charge in [-0.1, -0.05) is 31.2 Å². The number of nitrogens with one attached hydrogen (secondary N) is 1. The van der Waals surface area contributed by atoms with Gasteiger partial charge in [0.25, 0.3) is 5.91 Å². The Hall–Kier alpha value is -3.09. The van der Waals surface area contributed by atoms with E-state index in [1.54, 1.807) is 36.4 Å². The van der Waals surface area contributed by atoms with Gasteiger partial charge in [0, 0.05) is 12.6 Å². The number of amides is 2. The van der Waals surface area contributed by atoms with E-state index >= 15 is 0 Å². The summed E-state index contributed by atoms with van der Waals surface area (Å²) in [5.74, 6) is 0.00621. The third-order valence-electron chi connectivity index (χ3n) is 4.50. The number of para-hydroxylation sites is 2. The Bertz CT molecular complexity index is 839. The first-order chi connectivity index (χ1) is 14.3. The Balaban J connectivity index is 2.22. The zero-order valence-electron chi connectivity index (χ0n) is 17.9. The molecule has 2 aromatic rings. The predicted molar refractivity (Wildman–Crippen MR) is 113 cm³/mol. The molecule has 0 aliphatic carbocycles. The molecule has 2 rings (SSSR count). The van der Waals surface area contributed by atoms with E-state index in [1.807, 2.05) is 20.8 Å². The van der Waals surface area contributed by atoms with Crippen molar-refractivity contribution in [1.82, 2.24) is 10.2 Å². The van der Waals surface area contributed by atoms with Crippen molar-refractivity contribution in [1.29, 1.82) is 0 Å². The Labute approximate surface area is 177 Å². The van der Waals surface area contributed by atoms with Crippen LogP contribution in [0.15, 0.2) is 48.5 Å². The summed E-state index contributed by atoms with van der Waals surface area (Å²) in [7, 11) is 1.52. The van der Waals surface area contributed by atoms with Crippen molar-refractivity contribution in [3.63, 3.8) is 0 Å². The van der Waals surface area contributed by atoms with E-state index in [4.69, 9.17) is 9.47 Å². The highest BCUT2D eigenvalue weighted by molar-refractivity contribution is 5.88. The highest BCUT2D eigenvalue weighted by Crippen LogP contribution is 2.26. The lowest BCUT2D eigenvalue weighted by molar-refractivity contribution is -0.143. The number of benzene rings is 2. The number of carbonyl (C=O) groups excluding carboxylic acids is 2. The van der Waals surface area contributed by atoms with Crippen LogP contribution in [0.5, 0.6) is 11.5 Å². The van der Waals surface area contributed by atoms with Crippen LogP contribution in [0, 0.1) is 5.82 Å². The number of methoxy groups -OCH3 is 1. The van der Waals surface area contributed by atoms with Crippen molar-refractivity contribution in [3.05, 3.63) is 59.9 Å². The first-order valence-corrected chi connectivity index (χ1v) is 9.95. The lowest BCUT2D eigenvalue weighted by Crippen LogP contribution is -2.51. The van der Waals surface area contributed by atoms with Gasteiger partial charge >= 0.3 is 0 Å². The zero-order chi connectivity index (χ0) is 22.1. The molecule has 1 N–H and O–H groups in total. The Morgan fingerprint density at radius 2 is 1.70 bits per heavy atom. The number of hydrogen-bond donors (Lipinski definition) is 1. The molecule has 0 aromatic heterocycles. The summed E-state index contributed by atoms with van der Waals surface area (Å²) >= 11 is 0. The molecule has 7 heteroatoms. The van der Waals surface area contributed by atoms with E-state index in [2.05, 4.69) is 5.32 Å². The van der Waals surface area contributed by atoms with Gasteiger partial charge in [-0.3, -0.25) is 9.59 Å². The van der Waals surface area contributed by atoms with E-state index in [0.717, 1.165) is 5.56 Å². The maximum Gasteiger partial charge on any atom is 0.261 e. The minimum Gasteiger partial charge on any atom is -0.493 e. The number of rotatable bonds is 10. The van der Waals surface area contributed by atoms with Crippen LogP contribution < -0.4 is 14.8 Å². The minimum absolute atomic E-state index is 0.0563. The van der Waals surface area contributed by atoms with Gasteiger partial charge in [0.1, 0.15) is 11.9 Å². The fourth-order valence-corrected chi connectivity index (χ4v) is 3.05. The molecule has 0 bridgehead atoms. The molecule has 0 aliphatic rings. The highest BCUT2D eigenvalue weighted by Gasteiger charge is 2.29. The number of carbonyl (C=O) groups is 2. The molecular weight excluding hydrogens is 387 g/mol. The SMILES string of the molecule is CCC(C(=O)NC(C)C)N(Cc1ccc(F)cc1)C(=O)COc1ccccc1OC. The van der Waals surface area contributed by atoms with Gasteiger partial charge in [-0.2, -0.15) is 0 Å². The van der Waals surface area contributed by atoms with Crippen LogP contribution in [0.2, 0.25) is 0 Å². The number of hydrogen-bond acceptors (Lipinski definition) is 4. The van der Waals surface area contributed by atoms with Crippen LogP contribution in [0.25, 0.3) is 0 Å². The largest absolute Gasteiger partial charge is 0.493 e. The van der Waals surface area contributed by atoms with Gasteiger partial charge in [-0.15, -0.1) is 0 Å². The normalized spacial score (nSPS) is 11.7. The van der Waals surface area contributed by atoms with E-state index in [9.17, 15) is 14.0 Å². The molecule has 1 unspecified atom stereocenters. The molecule has 0 radical (unpaired) electrons. The maximum atomic E-state index is 13.3. The van der Waals surface area contributed by atoms with Crippen LogP contribution in [-0.2, 0) is 16.1 Å². The fourth-order valence-electron chi connectivity index (χ4n) is 3.05. The van der Waals surface area contributed by atoms with Crippen LogP contribution >= 0.6 is 0 Å². The fraction of sp³-hybridized carbons (Fsp3) is 0.391. The molecule has 0 fully saturated rings. The molecule has 162 valence electrons. The van der Waals surface area contributed by atoms with Crippen molar-refractivity contribution in [2.45, 2.75) is 45.8 Å². The number of ether oxygens (including phenoxy) is 2. The molecule has 0 spiro atoms. The molecular formula is C23H29FN2O4. The minimum atomic E-state index is -0.675. The topological polar surface area (TPSA) is 67.9 Å². The second kappa shape index (κ2) is 11.2. The van der Waals surface area contributed by atoms with E-state index in [-0.39, 0.29) is 36.8 Å². The molecule has 1 atom stereocenters. The van der Waals surface area contributed by atoms with Crippen molar-refractivity contribution < 1.29 is 23.5 Å². The van der Waals surface area contributed by atoms with Gasteiger partial charge in [-0.25, -0.2) is 4.39 Å². The molecule has 2 aromatic carbocycles. The van der Waals surface area contributed by atoms with Gasteiger partial charge in [0.2, 0.25) is 5.91 Å². The third-order valence-corrected chi connectivity index (χ3v) is 4.50. The Morgan fingerprint density at radius 1 is 1.07 bits per heavy atom. The summed E-state index contributed by atoms with van der Waals surface area (Å²) in [4.78, 5) is 27.3. The molecule has 0 aliphatic heterocycles. The van der Waals surface area contributed by atoms with Crippen molar-refractivity contribution in [3.8, 4) is 11.5 Å². The third kappa shape index (κ3) is 6.47. The smallest absolute Gasteiger partial charge is 0.261 e. The molecule has 30 heavy (non-hydrogen) atoms. The van der Waals surface area contributed by atoms with E-state index < -0.39 is 6.04 Å². The lowest BCUT2D eigenvalue weighted by Gasteiger charge is -2.31. The van der Waals surface area contributed by atoms with Crippen molar-refractivity contribution in [2.75, 3.05) is 13.7 Å². The summed E-state index contributed by atoms with van der Waals surface area (Å²) in [5.41, 5.74) is 0.720. The molecule has 0 saturated carbocycles. The molecule has 2 amide bonds. The van der Waals surface area contributed by atoms with E-state index in [1.165, 1.54) is 24.1 Å². The van der Waals surface area contributed by atoms with E-state index in [0.29, 0.717) is 17.9 Å². The summed E-state index contributed by atoms with van der Waals surface area (Å²) in [6, 6.07) is 12.2. The van der Waals surface area contributed by atoms with Crippen LogP contribution in [0.1, 0.15) is 32.8 Å². The molecule has 0 saturated heterocycles. The zero-order valence-corrected chi connectivity index (χ0v) is 17.9. The summed E-state index contributed by atoms with van der Waals surface area (Å²) < 4.78 is 24.2. The van der Waals surface area contributed by atoms with Crippen molar-refractivity contribution >= 4 is 11.8 Å². The predicted octanol–water partition coefficient (Wildman–Crippen LogP) is 3.55. The second-order valence-electron chi connectivity index (χ2n) is 7.17.